The van der Waals surface area contributed by atoms with E-state index in [1.54, 1.807) is 14.2 Å². The molecular weight excluding hydrogens is 404 g/mol. The van der Waals surface area contributed by atoms with Crippen LogP contribution in [0.15, 0.2) is 29.3 Å². The van der Waals surface area contributed by atoms with Gasteiger partial charge in [-0.15, -0.1) is 0 Å². The molecule has 0 radical (unpaired) electrons. The van der Waals surface area contributed by atoms with Crippen molar-refractivity contribution in [3.63, 3.8) is 0 Å². The smallest absolute Gasteiger partial charge is 0.193 e. The van der Waals surface area contributed by atoms with Gasteiger partial charge in [-0.25, -0.2) is 0 Å². The van der Waals surface area contributed by atoms with Crippen LogP contribution < -0.4 is 10.1 Å². The van der Waals surface area contributed by atoms with Gasteiger partial charge in [0.15, 0.2) is 5.96 Å². The Kier molecular flexibility index (Phi) is 10.6. The number of nitrogens with one attached hydrogen (secondary N) is 1. The summed E-state index contributed by atoms with van der Waals surface area (Å²) in [6.07, 6.45) is 5.93. The lowest BCUT2D eigenvalue weighted by Gasteiger charge is -2.35. The Balaban J connectivity index is 1.62. The number of methoxy groups -OCH3 is 2. The molecule has 1 aromatic carbocycles. The number of aliphatic imine (C=N–C) groups is 1. The number of ether oxygens (including phenoxy) is 3. The fraction of sp³-hybridized carbons (Fsp3) is 0.720. The molecule has 1 atom stereocenters. The molecule has 3 rings (SSSR count). The second kappa shape index (κ2) is 13.7. The molecule has 0 amide bonds. The second-order valence-electron chi connectivity index (χ2n) is 8.63. The number of rotatable bonds is 11. The number of nitrogens with zero attached hydrogens (tertiary/aromatic N) is 3. The Morgan fingerprint density at radius 3 is 2.59 bits per heavy atom. The summed E-state index contributed by atoms with van der Waals surface area (Å²) in [4.78, 5) is 10.1. The van der Waals surface area contributed by atoms with Gasteiger partial charge in [0.2, 0.25) is 0 Å². The lowest BCUT2D eigenvalue weighted by atomic mass is 10.1. The van der Waals surface area contributed by atoms with Gasteiger partial charge < -0.3 is 24.4 Å². The highest BCUT2D eigenvalue weighted by Gasteiger charge is 2.25. The van der Waals surface area contributed by atoms with Crippen molar-refractivity contribution in [1.29, 1.82) is 0 Å². The Morgan fingerprint density at radius 1 is 1.12 bits per heavy atom. The maximum Gasteiger partial charge on any atom is 0.193 e. The Labute approximate surface area is 194 Å². The van der Waals surface area contributed by atoms with Crippen LogP contribution in [0.1, 0.15) is 50.6 Å². The van der Waals surface area contributed by atoms with Crippen molar-refractivity contribution in [2.75, 3.05) is 66.7 Å². The van der Waals surface area contributed by atoms with Crippen molar-refractivity contribution in [2.45, 2.75) is 51.2 Å². The molecule has 180 valence electrons. The Hall–Kier alpha value is -1.83. The van der Waals surface area contributed by atoms with Crippen LogP contribution in [0.25, 0.3) is 0 Å². The van der Waals surface area contributed by atoms with Crippen LogP contribution in [0.5, 0.6) is 5.75 Å². The zero-order valence-corrected chi connectivity index (χ0v) is 20.2. The quantitative estimate of drug-likeness (QED) is 0.320. The fourth-order valence-corrected chi connectivity index (χ4v) is 4.62. The number of likely N-dealkylation sites (tertiary alicyclic amines) is 2. The molecule has 32 heavy (non-hydrogen) atoms. The first-order chi connectivity index (χ1) is 15.7. The fourth-order valence-electron chi connectivity index (χ4n) is 4.62. The summed E-state index contributed by atoms with van der Waals surface area (Å²) in [6, 6.07) is 8.75. The van der Waals surface area contributed by atoms with Crippen molar-refractivity contribution in [3.8, 4) is 5.75 Å². The topological polar surface area (TPSA) is 58.6 Å². The van der Waals surface area contributed by atoms with Crippen LogP contribution in [-0.4, -0.2) is 88.6 Å². The highest BCUT2D eigenvalue weighted by atomic mass is 16.5. The molecule has 0 saturated carbocycles. The molecular formula is C25H42N4O3. The van der Waals surface area contributed by atoms with E-state index in [-0.39, 0.29) is 6.04 Å². The normalized spacial score (nSPS) is 19.3. The number of hydrogen-bond acceptors (Lipinski definition) is 5. The van der Waals surface area contributed by atoms with E-state index >= 15 is 0 Å². The first-order valence-electron chi connectivity index (χ1n) is 12.3. The van der Waals surface area contributed by atoms with E-state index in [1.807, 2.05) is 6.07 Å². The van der Waals surface area contributed by atoms with Gasteiger partial charge in [0.25, 0.3) is 0 Å². The minimum absolute atomic E-state index is 0.280. The molecule has 1 unspecified atom stereocenters. The van der Waals surface area contributed by atoms with Gasteiger partial charge in [0.05, 0.1) is 25.8 Å². The lowest BCUT2D eigenvalue weighted by molar-refractivity contribution is 0.00989. The maximum atomic E-state index is 6.03. The summed E-state index contributed by atoms with van der Waals surface area (Å²) in [5, 5.41) is 3.52. The summed E-state index contributed by atoms with van der Waals surface area (Å²) in [6.45, 7) is 9.55. The van der Waals surface area contributed by atoms with Crippen LogP contribution in [0.2, 0.25) is 0 Å². The molecule has 7 heteroatoms. The minimum atomic E-state index is 0.280. The molecule has 2 fully saturated rings. The van der Waals surface area contributed by atoms with Gasteiger partial charge in [-0.3, -0.25) is 9.89 Å². The summed E-state index contributed by atoms with van der Waals surface area (Å²) >= 11 is 0. The maximum absolute atomic E-state index is 6.03. The van der Waals surface area contributed by atoms with Crippen molar-refractivity contribution in [3.05, 3.63) is 29.8 Å². The van der Waals surface area contributed by atoms with Crippen LogP contribution in [-0.2, 0) is 9.47 Å². The molecule has 2 aliphatic rings. The molecule has 7 nitrogen and oxygen atoms in total. The summed E-state index contributed by atoms with van der Waals surface area (Å²) in [7, 11) is 3.47. The van der Waals surface area contributed by atoms with Crippen LogP contribution in [0, 0.1) is 0 Å². The standard InChI is InChI=1S/C25H42N4O3/c1-4-26-25(29-15-11-22(12-16-29)32-18-8-17-30-2)27-20-24(28-13-5-6-14-28)21-9-7-10-23(19-21)31-3/h7,9-10,19,22,24H,4-6,8,11-18,20H2,1-3H3,(H,26,27). The van der Waals surface area contributed by atoms with Crippen molar-refractivity contribution in [1.82, 2.24) is 15.1 Å². The molecule has 1 aromatic rings. The van der Waals surface area contributed by atoms with E-state index in [9.17, 15) is 0 Å². The van der Waals surface area contributed by atoms with Gasteiger partial charge in [-0.1, -0.05) is 12.1 Å². The minimum Gasteiger partial charge on any atom is -0.497 e. The molecule has 2 aliphatic heterocycles. The van der Waals surface area contributed by atoms with E-state index in [1.165, 1.54) is 18.4 Å². The van der Waals surface area contributed by atoms with E-state index in [4.69, 9.17) is 19.2 Å². The lowest BCUT2D eigenvalue weighted by Crippen LogP contribution is -2.47. The molecule has 0 aromatic heterocycles. The van der Waals surface area contributed by atoms with Crippen LogP contribution in [0.4, 0.5) is 0 Å². The van der Waals surface area contributed by atoms with Crippen molar-refractivity contribution < 1.29 is 14.2 Å². The second-order valence-corrected chi connectivity index (χ2v) is 8.63. The average molecular weight is 447 g/mol. The molecule has 0 bridgehead atoms. The highest BCUT2D eigenvalue weighted by Crippen LogP contribution is 2.28. The molecule has 2 saturated heterocycles. The van der Waals surface area contributed by atoms with Gasteiger partial charge in [-0.2, -0.15) is 0 Å². The zero-order valence-electron chi connectivity index (χ0n) is 20.2. The van der Waals surface area contributed by atoms with E-state index < -0.39 is 0 Å². The summed E-state index contributed by atoms with van der Waals surface area (Å²) in [5.74, 6) is 1.94. The molecule has 0 spiro atoms. The number of hydrogen-bond donors (Lipinski definition) is 1. The first kappa shape index (κ1) is 24.8. The van der Waals surface area contributed by atoms with Gasteiger partial charge in [-0.05, 0) is 69.8 Å². The first-order valence-corrected chi connectivity index (χ1v) is 12.3. The van der Waals surface area contributed by atoms with Crippen LogP contribution >= 0.6 is 0 Å². The van der Waals surface area contributed by atoms with Crippen molar-refractivity contribution >= 4 is 5.96 Å². The largest absolute Gasteiger partial charge is 0.497 e. The zero-order chi connectivity index (χ0) is 22.6. The van der Waals surface area contributed by atoms with E-state index in [0.29, 0.717) is 6.10 Å². The SMILES string of the molecule is CCNC(=NCC(c1cccc(OC)c1)N1CCCC1)N1CCC(OCCCOC)CC1. The Bertz CT molecular complexity index is 686. The molecule has 2 heterocycles. The predicted octanol–water partition coefficient (Wildman–Crippen LogP) is 3.32. The van der Waals surface area contributed by atoms with Crippen molar-refractivity contribution in [2.24, 2.45) is 4.99 Å². The third-order valence-electron chi connectivity index (χ3n) is 6.40. The average Bonchev–Trinajstić information content (AvgIpc) is 3.36. The summed E-state index contributed by atoms with van der Waals surface area (Å²) < 4.78 is 16.6. The number of guanidine groups is 1. The van der Waals surface area contributed by atoms with Gasteiger partial charge in [0, 0.05) is 40.0 Å². The third kappa shape index (κ3) is 7.36. The third-order valence-corrected chi connectivity index (χ3v) is 6.40. The highest BCUT2D eigenvalue weighted by molar-refractivity contribution is 5.80. The monoisotopic (exact) mass is 446 g/mol. The molecule has 1 N–H and O–H groups in total. The van der Waals surface area contributed by atoms with Gasteiger partial charge >= 0.3 is 0 Å². The Morgan fingerprint density at radius 2 is 1.91 bits per heavy atom. The van der Waals surface area contributed by atoms with Gasteiger partial charge in [0.1, 0.15) is 5.75 Å². The number of benzene rings is 1. The van der Waals surface area contributed by atoms with Crippen LogP contribution in [0.3, 0.4) is 0 Å². The summed E-state index contributed by atoms with van der Waals surface area (Å²) in [5.41, 5.74) is 1.29. The number of piperidine rings is 1. The van der Waals surface area contributed by atoms with E-state index in [2.05, 4.69) is 40.2 Å². The van der Waals surface area contributed by atoms with E-state index in [0.717, 1.165) is 83.5 Å². The predicted molar refractivity (Wildman–Crippen MR) is 130 cm³/mol. The molecule has 0 aliphatic carbocycles.